The van der Waals surface area contributed by atoms with Gasteiger partial charge in [-0.25, -0.2) is 0 Å². The largest absolute Gasteiger partial charge is 0.348 e. The zero-order valence-corrected chi connectivity index (χ0v) is 13.2. The molecule has 0 aromatic heterocycles. The highest BCUT2D eigenvalue weighted by Crippen LogP contribution is 2.14. The predicted molar refractivity (Wildman–Crippen MR) is 86.2 cm³/mol. The van der Waals surface area contributed by atoms with Gasteiger partial charge in [-0.3, -0.25) is 4.79 Å². The molecule has 0 unspecified atom stereocenters. The van der Waals surface area contributed by atoms with Crippen molar-refractivity contribution in [3.63, 3.8) is 0 Å². The molecule has 0 atom stereocenters. The van der Waals surface area contributed by atoms with Crippen LogP contribution in [0.25, 0.3) is 0 Å². The summed E-state index contributed by atoms with van der Waals surface area (Å²) in [6, 6.07) is 13.9. The third-order valence-electron chi connectivity index (χ3n) is 3.07. The fraction of sp³-hybridized carbons (Fsp3) is 0.188. The maximum Gasteiger partial charge on any atom is 0.252 e. The predicted octanol–water partition coefficient (Wildman–Crippen LogP) is 3.84. The fourth-order valence-corrected chi connectivity index (χ4v) is 2.80. The average Bonchev–Trinajstić information content (AvgIpc) is 2.37. The highest BCUT2D eigenvalue weighted by Gasteiger charge is 2.09. The molecule has 2 aromatic rings. The molecule has 1 amide bonds. The zero-order valence-electron chi connectivity index (χ0n) is 11.0. The Morgan fingerprint density at radius 3 is 2.58 bits per heavy atom. The number of aryl methyl sites for hydroxylation is 2. The van der Waals surface area contributed by atoms with Crippen LogP contribution in [-0.4, -0.2) is 5.91 Å². The van der Waals surface area contributed by atoms with E-state index in [0.717, 1.165) is 14.7 Å². The lowest BCUT2D eigenvalue weighted by Gasteiger charge is -2.09. The summed E-state index contributed by atoms with van der Waals surface area (Å²) in [5, 5.41) is 2.97. The fourth-order valence-electron chi connectivity index (χ4n) is 1.88. The number of benzene rings is 2. The first-order chi connectivity index (χ1) is 9.08. The van der Waals surface area contributed by atoms with Gasteiger partial charge in [-0.1, -0.05) is 35.9 Å². The van der Waals surface area contributed by atoms with Crippen LogP contribution in [0.3, 0.4) is 0 Å². The molecule has 0 heterocycles. The minimum Gasteiger partial charge on any atom is -0.348 e. The minimum absolute atomic E-state index is 0.0207. The van der Waals surface area contributed by atoms with E-state index in [0.29, 0.717) is 6.54 Å². The van der Waals surface area contributed by atoms with Crippen LogP contribution in [-0.2, 0) is 6.54 Å². The van der Waals surface area contributed by atoms with Crippen LogP contribution in [0, 0.1) is 17.4 Å². The van der Waals surface area contributed by atoms with E-state index < -0.39 is 0 Å². The summed E-state index contributed by atoms with van der Waals surface area (Å²) < 4.78 is 0.986. The van der Waals surface area contributed by atoms with Gasteiger partial charge in [0, 0.05) is 10.1 Å². The van der Waals surface area contributed by atoms with E-state index in [1.54, 1.807) is 0 Å². The lowest BCUT2D eigenvalue weighted by atomic mass is 10.1. The van der Waals surface area contributed by atoms with Gasteiger partial charge in [0.15, 0.2) is 0 Å². The van der Waals surface area contributed by atoms with Gasteiger partial charge in [0.25, 0.3) is 5.91 Å². The summed E-state index contributed by atoms with van der Waals surface area (Å²) in [5.74, 6) is -0.0207. The van der Waals surface area contributed by atoms with Gasteiger partial charge in [-0.15, -0.1) is 0 Å². The topological polar surface area (TPSA) is 29.1 Å². The Bertz CT molecular complexity index is 607. The first kappa shape index (κ1) is 14.1. The number of carbonyl (C=O) groups is 1. The maximum absolute atomic E-state index is 12.1. The van der Waals surface area contributed by atoms with Gasteiger partial charge >= 0.3 is 0 Å². The summed E-state index contributed by atoms with van der Waals surface area (Å²) in [4.78, 5) is 12.1. The number of rotatable bonds is 3. The molecule has 2 nitrogen and oxygen atoms in total. The lowest BCUT2D eigenvalue weighted by Crippen LogP contribution is -2.24. The van der Waals surface area contributed by atoms with Crippen molar-refractivity contribution in [3.8, 4) is 0 Å². The monoisotopic (exact) mass is 365 g/mol. The molecule has 2 aromatic carbocycles. The van der Waals surface area contributed by atoms with Crippen molar-refractivity contribution in [1.82, 2.24) is 5.32 Å². The van der Waals surface area contributed by atoms with Crippen molar-refractivity contribution >= 4 is 28.5 Å². The number of halogens is 1. The van der Waals surface area contributed by atoms with E-state index >= 15 is 0 Å². The molecular formula is C16H16INO. The van der Waals surface area contributed by atoms with E-state index in [9.17, 15) is 4.79 Å². The highest BCUT2D eigenvalue weighted by atomic mass is 127. The Morgan fingerprint density at radius 2 is 1.89 bits per heavy atom. The van der Waals surface area contributed by atoms with Crippen LogP contribution >= 0.6 is 22.6 Å². The molecule has 0 bridgehead atoms. The Balaban J connectivity index is 2.08. The molecule has 0 spiro atoms. The first-order valence-electron chi connectivity index (χ1n) is 6.17. The summed E-state index contributed by atoms with van der Waals surface area (Å²) in [6.45, 7) is 4.64. The van der Waals surface area contributed by atoms with Crippen molar-refractivity contribution in [2.45, 2.75) is 20.4 Å². The van der Waals surface area contributed by atoms with Crippen LogP contribution < -0.4 is 5.32 Å². The average molecular weight is 365 g/mol. The van der Waals surface area contributed by atoms with Crippen LogP contribution in [0.2, 0.25) is 0 Å². The number of carbonyl (C=O) groups excluding carboxylic acids is 1. The second-order valence-corrected chi connectivity index (χ2v) is 5.75. The van der Waals surface area contributed by atoms with Gasteiger partial charge < -0.3 is 5.32 Å². The molecule has 2 rings (SSSR count). The molecule has 98 valence electrons. The number of amides is 1. The van der Waals surface area contributed by atoms with E-state index in [4.69, 9.17) is 0 Å². The third-order valence-corrected chi connectivity index (χ3v) is 3.96. The molecule has 3 heteroatoms. The van der Waals surface area contributed by atoms with Gasteiger partial charge in [0.2, 0.25) is 0 Å². The molecule has 0 aliphatic heterocycles. The molecule has 1 N–H and O–H groups in total. The molecule has 0 radical (unpaired) electrons. The van der Waals surface area contributed by atoms with Gasteiger partial charge in [0.05, 0.1) is 5.56 Å². The number of hydrogen-bond acceptors (Lipinski definition) is 1. The Morgan fingerprint density at radius 1 is 1.16 bits per heavy atom. The second-order valence-electron chi connectivity index (χ2n) is 4.59. The smallest absolute Gasteiger partial charge is 0.252 e. The standard InChI is InChI=1S/C16H16INO/c1-11-7-8-14(15(17)9-11)16(19)18-10-13-6-4-3-5-12(13)2/h3-9H,10H2,1-2H3,(H,18,19). The summed E-state index contributed by atoms with van der Waals surface area (Å²) >= 11 is 2.20. The second kappa shape index (κ2) is 6.19. The molecule has 0 saturated carbocycles. The SMILES string of the molecule is Cc1ccc(C(=O)NCc2ccccc2C)c(I)c1. The Kier molecular flexibility index (Phi) is 4.58. The normalized spacial score (nSPS) is 10.3. The minimum atomic E-state index is -0.0207. The Hall–Kier alpha value is -1.36. The molecule has 19 heavy (non-hydrogen) atoms. The third kappa shape index (κ3) is 3.56. The maximum atomic E-state index is 12.1. The van der Waals surface area contributed by atoms with Crippen molar-refractivity contribution < 1.29 is 4.79 Å². The van der Waals surface area contributed by atoms with E-state index in [-0.39, 0.29) is 5.91 Å². The van der Waals surface area contributed by atoms with E-state index in [1.165, 1.54) is 11.1 Å². The summed E-state index contributed by atoms with van der Waals surface area (Å²) in [7, 11) is 0. The van der Waals surface area contributed by atoms with Gasteiger partial charge in [-0.2, -0.15) is 0 Å². The molecule has 0 fully saturated rings. The molecule has 0 saturated heterocycles. The van der Waals surface area contributed by atoms with E-state index in [1.807, 2.05) is 43.3 Å². The molecular weight excluding hydrogens is 349 g/mol. The van der Waals surface area contributed by atoms with Crippen molar-refractivity contribution in [2.24, 2.45) is 0 Å². The van der Waals surface area contributed by atoms with Crippen LogP contribution in [0.4, 0.5) is 0 Å². The van der Waals surface area contributed by atoms with Crippen LogP contribution in [0.5, 0.6) is 0 Å². The highest BCUT2D eigenvalue weighted by molar-refractivity contribution is 14.1. The lowest BCUT2D eigenvalue weighted by molar-refractivity contribution is 0.0950. The van der Waals surface area contributed by atoms with Crippen molar-refractivity contribution in [1.29, 1.82) is 0 Å². The molecule has 0 aliphatic rings. The number of hydrogen-bond donors (Lipinski definition) is 1. The van der Waals surface area contributed by atoms with E-state index in [2.05, 4.69) is 40.9 Å². The summed E-state index contributed by atoms with van der Waals surface area (Å²) in [6.07, 6.45) is 0. The quantitative estimate of drug-likeness (QED) is 0.823. The Labute approximate surface area is 127 Å². The van der Waals surface area contributed by atoms with Crippen molar-refractivity contribution in [3.05, 3.63) is 68.3 Å². The van der Waals surface area contributed by atoms with Gasteiger partial charge in [0.1, 0.15) is 0 Å². The van der Waals surface area contributed by atoms with Crippen molar-refractivity contribution in [2.75, 3.05) is 0 Å². The van der Waals surface area contributed by atoms with Crippen LogP contribution in [0.15, 0.2) is 42.5 Å². The van der Waals surface area contributed by atoms with Crippen LogP contribution in [0.1, 0.15) is 27.0 Å². The van der Waals surface area contributed by atoms with Gasteiger partial charge in [-0.05, 0) is 59.7 Å². The number of nitrogens with one attached hydrogen (secondary N) is 1. The zero-order chi connectivity index (χ0) is 13.8. The first-order valence-corrected chi connectivity index (χ1v) is 7.24. The summed E-state index contributed by atoms with van der Waals surface area (Å²) in [5.41, 5.74) is 4.25. The molecule has 0 aliphatic carbocycles.